The van der Waals surface area contributed by atoms with E-state index in [1.54, 1.807) is 0 Å². The minimum Gasteiger partial charge on any atom is -0.494 e. The molecule has 5 aromatic rings. The van der Waals surface area contributed by atoms with Crippen LogP contribution in [0.5, 0.6) is 5.75 Å². The number of nitrogens with zero attached hydrogens (tertiary/aromatic N) is 4. The zero-order valence-electron chi connectivity index (χ0n) is 20.5. The number of fused-ring (bicyclic) bond motifs is 5. The van der Waals surface area contributed by atoms with E-state index >= 15 is 0 Å². The molecule has 37 heavy (non-hydrogen) atoms. The van der Waals surface area contributed by atoms with E-state index in [0.717, 1.165) is 56.5 Å². The number of imidazole rings is 1. The van der Waals surface area contributed by atoms with Crippen molar-refractivity contribution in [2.24, 2.45) is 0 Å². The van der Waals surface area contributed by atoms with Crippen molar-refractivity contribution in [1.82, 2.24) is 24.3 Å². The maximum absolute atomic E-state index is 12.8. The van der Waals surface area contributed by atoms with Gasteiger partial charge < -0.3 is 10.1 Å². The Morgan fingerprint density at radius 2 is 1.89 bits per heavy atom. The molecule has 6 rings (SSSR count). The summed E-state index contributed by atoms with van der Waals surface area (Å²) in [5.41, 5.74) is 4.32. The molecule has 0 spiro atoms. The minimum atomic E-state index is 0.0463. The molecule has 1 fully saturated rings. The van der Waals surface area contributed by atoms with Crippen molar-refractivity contribution in [3.8, 4) is 11.4 Å². The van der Waals surface area contributed by atoms with Gasteiger partial charge in [0.05, 0.1) is 23.4 Å². The molecule has 0 saturated heterocycles. The van der Waals surface area contributed by atoms with Gasteiger partial charge in [0.25, 0.3) is 0 Å². The SMILES string of the molecule is CCOc1ccc(-n2c(=S)sc3c2nc(SCC(=O)NC2CCCCC2)n2c4ccccc4nc32)cc1. The monoisotopic (exact) mass is 549 g/mol. The smallest absolute Gasteiger partial charge is 0.230 e. The van der Waals surface area contributed by atoms with Gasteiger partial charge in [0.15, 0.2) is 20.4 Å². The van der Waals surface area contributed by atoms with Gasteiger partial charge in [0.2, 0.25) is 5.91 Å². The van der Waals surface area contributed by atoms with E-state index in [-0.39, 0.29) is 11.9 Å². The number of aromatic nitrogens is 4. The van der Waals surface area contributed by atoms with Crippen LogP contribution in [-0.2, 0) is 4.79 Å². The Labute approximate surface area is 227 Å². The Morgan fingerprint density at radius 3 is 2.68 bits per heavy atom. The van der Waals surface area contributed by atoms with Gasteiger partial charge in [0, 0.05) is 11.7 Å². The Morgan fingerprint density at radius 1 is 1.11 bits per heavy atom. The maximum atomic E-state index is 12.8. The van der Waals surface area contributed by atoms with E-state index in [9.17, 15) is 4.79 Å². The molecule has 0 atom stereocenters. The second-order valence-electron chi connectivity index (χ2n) is 9.13. The van der Waals surface area contributed by atoms with Gasteiger partial charge in [0.1, 0.15) is 10.4 Å². The highest BCUT2D eigenvalue weighted by Gasteiger charge is 2.21. The van der Waals surface area contributed by atoms with Crippen LogP contribution in [-0.4, -0.2) is 43.2 Å². The molecule has 1 aliphatic rings. The van der Waals surface area contributed by atoms with Crippen molar-refractivity contribution in [2.45, 2.75) is 50.2 Å². The van der Waals surface area contributed by atoms with Crippen molar-refractivity contribution in [3.05, 3.63) is 52.5 Å². The normalized spacial score (nSPS) is 14.5. The lowest BCUT2D eigenvalue weighted by Gasteiger charge is -2.22. The second kappa shape index (κ2) is 10.4. The summed E-state index contributed by atoms with van der Waals surface area (Å²) >= 11 is 8.75. The second-order valence-corrected chi connectivity index (χ2v) is 11.7. The minimum absolute atomic E-state index is 0.0463. The molecule has 1 saturated carbocycles. The molecule has 190 valence electrons. The molecule has 1 aliphatic carbocycles. The number of nitrogens with one attached hydrogen (secondary N) is 1. The number of hydrogen-bond donors (Lipinski definition) is 1. The third-order valence-corrected chi connectivity index (χ3v) is 8.95. The summed E-state index contributed by atoms with van der Waals surface area (Å²) in [6.45, 7) is 2.58. The van der Waals surface area contributed by atoms with Crippen LogP contribution < -0.4 is 10.1 Å². The number of ether oxygens (including phenoxy) is 1. The average molecular weight is 550 g/mol. The number of benzene rings is 2. The van der Waals surface area contributed by atoms with Gasteiger partial charge in [-0.3, -0.25) is 13.8 Å². The lowest BCUT2D eigenvalue weighted by Crippen LogP contribution is -2.37. The lowest BCUT2D eigenvalue weighted by molar-refractivity contribution is -0.119. The largest absolute Gasteiger partial charge is 0.494 e. The van der Waals surface area contributed by atoms with Gasteiger partial charge in [-0.25, -0.2) is 9.97 Å². The first kappa shape index (κ1) is 24.4. The molecule has 0 bridgehead atoms. The molecule has 3 heterocycles. The van der Waals surface area contributed by atoms with E-state index in [2.05, 4.69) is 9.72 Å². The van der Waals surface area contributed by atoms with Crippen LogP contribution in [0.15, 0.2) is 53.7 Å². The summed E-state index contributed by atoms with van der Waals surface area (Å²) in [5.74, 6) is 1.15. The van der Waals surface area contributed by atoms with Gasteiger partial charge in [-0.2, -0.15) is 0 Å². The van der Waals surface area contributed by atoms with Crippen molar-refractivity contribution in [1.29, 1.82) is 0 Å². The summed E-state index contributed by atoms with van der Waals surface area (Å²) in [6, 6.07) is 16.2. The highest BCUT2D eigenvalue weighted by Crippen LogP contribution is 2.34. The van der Waals surface area contributed by atoms with Crippen LogP contribution in [0.4, 0.5) is 0 Å². The summed E-state index contributed by atoms with van der Waals surface area (Å²) < 4.78 is 11.3. The zero-order chi connectivity index (χ0) is 25.4. The maximum Gasteiger partial charge on any atom is 0.230 e. The number of thioether (sulfide) groups is 1. The number of hydrogen-bond acceptors (Lipinski definition) is 7. The number of carbonyl (C=O) groups excluding carboxylic acids is 1. The average Bonchev–Trinajstić information content (AvgIpc) is 3.46. The summed E-state index contributed by atoms with van der Waals surface area (Å²) in [6.07, 6.45) is 5.76. The Hall–Kier alpha value is -2.95. The van der Waals surface area contributed by atoms with Crippen LogP contribution in [0.1, 0.15) is 39.0 Å². The highest BCUT2D eigenvalue weighted by atomic mass is 32.2. The molecular weight excluding hydrogens is 523 g/mol. The van der Waals surface area contributed by atoms with Crippen LogP contribution in [0, 0.1) is 3.95 Å². The quantitative estimate of drug-likeness (QED) is 0.141. The highest BCUT2D eigenvalue weighted by molar-refractivity contribution is 7.99. The Balaban J connectivity index is 1.43. The molecular formula is C27H27N5O2S3. The fourth-order valence-corrected chi connectivity index (χ4v) is 7.12. The summed E-state index contributed by atoms with van der Waals surface area (Å²) in [5, 5.41) is 3.94. The fourth-order valence-electron chi connectivity index (χ4n) is 4.95. The molecule has 0 unspecified atom stereocenters. The third kappa shape index (κ3) is 4.73. The van der Waals surface area contributed by atoms with E-state index in [1.165, 1.54) is 42.4 Å². The Kier molecular flexibility index (Phi) is 6.88. The van der Waals surface area contributed by atoms with Gasteiger partial charge in [-0.1, -0.05) is 54.5 Å². The van der Waals surface area contributed by atoms with Crippen molar-refractivity contribution in [2.75, 3.05) is 12.4 Å². The van der Waals surface area contributed by atoms with Crippen LogP contribution in [0.3, 0.4) is 0 Å². The predicted molar refractivity (Wildman–Crippen MR) is 153 cm³/mol. The summed E-state index contributed by atoms with van der Waals surface area (Å²) in [4.78, 5) is 22.9. The van der Waals surface area contributed by atoms with Crippen molar-refractivity contribution in [3.63, 3.8) is 0 Å². The van der Waals surface area contributed by atoms with E-state index in [4.69, 9.17) is 26.9 Å². The zero-order valence-corrected chi connectivity index (χ0v) is 22.9. The number of thiazole rings is 1. The molecule has 3 aromatic heterocycles. The molecule has 7 nitrogen and oxygen atoms in total. The fraction of sp³-hybridized carbons (Fsp3) is 0.333. The van der Waals surface area contributed by atoms with Gasteiger partial charge in [-0.15, -0.1) is 0 Å². The van der Waals surface area contributed by atoms with Crippen molar-refractivity contribution < 1.29 is 9.53 Å². The van der Waals surface area contributed by atoms with E-state index in [0.29, 0.717) is 16.3 Å². The van der Waals surface area contributed by atoms with Crippen LogP contribution >= 0.6 is 35.3 Å². The first-order valence-electron chi connectivity index (χ1n) is 12.6. The van der Waals surface area contributed by atoms with Crippen LogP contribution in [0.2, 0.25) is 0 Å². The Bertz CT molecular complexity index is 1650. The molecule has 1 N–H and O–H groups in total. The van der Waals surface area contributed by atoms with Crippen molar-refractivity contribution >= 4 is 68.3 Å². The molecule has 1 amide bonds. The van der Waals surface area contributed by atoms with Gasteiger partial charge in [-0.05, 0) is 68.4 Å². The first-order chi connectivity index (χ1) is 18.1. The first-order valence-corrected chi connectivity index (χ1v) is 14.8. The molecule has 10 heteroatoms. The molecule has 0 aliphatic heterocycles. The predicted octanol–water partition coefficient (Wildman–Crippen LogP) is 6.56. The van der Waals surface area contributed by atoms with E-state index in [1.807, 2.05) is 60.0 Å². The number of amides is 1. The third-order valence-electron chi connectivity index (χ3n) is 6.65. The number of para-hydroxylation sites is 2. The standard InChI is InChI=1S/C27H27N5O2S3/c1-2-34-19-14-12-18(13-15-19)31-25-23(37-27(31)35)24-29-20-10-6-7-11-21(20)32(24)26(30-25)36-16-22(33)28-17-8-4-3-5-9-17/h6-7,10-15,17H,2-5,8-9,16H2,1H3,(H,28,33). The summed E-state index contributed by atoms with van der Waals surface area (Å²) in [7, 11) is 0. The number of carbonyl (C=O) groups is 1. The molecule has 2 aromatic carbocycles. The van der Waals surface area contributed by atoms with Gasteiger partial charge >= 0.3 is 0 Å². The van der Waals surface area contributed by atoms with Crippen LogP contribution in [0.25, 0.3) is 32.7 Å². The lowest BCUT2D eigenvalue weighted by atomic mass is 9.95. The number of rotatable bonds is 7. The topological polar surface area (TPSA) is 73.5 Å². The van der Waals surface area contributed by atoms with E-state index < -0.39 is 0 Å². The molecule has 0 radical (unpaired) electrons.